The van der Waals surface area contributed by atoms with Crippen LogP contribution < -0.4 is 0 Å². The molecule has 0 aliphatic rings. The van der Waals surface area contributed by atoms with Gasteiger partial charge in [0, 0.05) is 0 Å². The fourth-order valence-corrected chi connectivity index (χ4v) is 16.6. The van der Waals surface area contributed by atoms with Gasteiger partial charge in [-0.15, -0.1) is 0 Å². The Labute approximate surface area is 118 Å². The molecule has 100 valence electrons. The zero-order valence-corrected chi connectivity index (χ0v) is 17.1. The van der Waals surface area contributed by atoms with Gasteiger partial charge in [0.15, 0.2) is 0 Å². The fourth-order valence-electron chi connectivity index (χ4n) is 1.63. The molecule has 7 heteroatoms. The summed E-state index contributed by atoms with van der Waals surface area (Å²) in [6, 6.07) is 0. The number of methoxy groups -OCH3 is 1. The number of nitrogens with zero attached hydrogens (tertiary/aromatic N) is 1. The minimum absolute atomic E-state index is 0.267. The van der Waals surface area contributed by atoms with Crippen molar-refractivity contribution in [2.24, 2.45) is 0 Å². The molecule has 0 spiro atoms. The fraction of sp³-hybridized carbons (Fsp3) is 0.900. The minimum atomic E-state index is -1.34. The van der Waals surface area contributed by atoms with E-state index in [4.69, 9.17) is 3.07 Å². The van der Waals surface area contributed by atoms with Gasteiger partial charge in [-0.3, -0.25) is 0 Å². The van der Waals surface area contributed by atoms with Crippen LogP contribution in [0.3, 0.4) is 0 Å². The van der Waals surface area contributed by atoms with Gasteiger partial charge in [0.25, 0.3) is 0 Å². The third kappa shape index (κ3) is 6.37. The molecule has 0 heterocycles. The van der Waals surface area contributed by atoms with Crippen LogP contribution in [0.5, 0.6) is 0 Å². The normalized spacial score (nSPS) is 14.9. The monoisotopic (exact) mass is 383 g/mol. The summed E-state index contributed by atoms with van der Waals surface area (Å²) in [7, 11) is -1.28. The third-order valence-corrected chi connectivity index (χ3v) is 23.4. The topological polar surface area (TPSA) is 38.8 Å². The van der Waals surface area contributed by atoms with Crippen molar-refractivity contribution < 1.29 is 12.6 Å². The van der Waals surface area contributed by atoms with E-state index in [-0.39, 0.29) is 5.97 Å². The number of carbonyl (C=O) groups is 1. The Morgan fingerprint density at radius 3 is 1.82 bits per heavy atom. The molecule has 1 atom stereocenters. The summed E-state index contributed by atoms with van der Waals surface area (Å²) < 4.78 is 13.1. The van der Waals surface area contributed by atoms with E-state index in [1.165, 1.54) is 7.11 Å². The molecule has 1 unspecified atom stereocenters. The summed E-state index contributed by atoms with van der Waals surface area (Å²) in [5.41, 5.74) is 0. The Bertz CT molecular complexity index is 249. The van der Waals surface area contributed by atoms with E-state index in [0.717, 1.165) is 0 Å². The molecule has 0 aliphatic carbocycles. The van der Waals surface area contributed by atoms with Gasteiger partial charge in [0.05, 0.1) is 0 Å². The summed E-state index contributed by atoms with van der Waals surface area (Å²) in [6.45, 7) is 15.9. The number of esters is 1. The summed E-state index contributed by atoms with van der Waals surface area (Å²) in [5.74, 6) is -0.267. The molecule has 0 rings (SSSR count). The molecule has 0 aromatic rings. The van der Waals surface area contributed by atoms with E-state index >= 15 is 0 Å². The van der Waals surface area contributed by atoms with Crippen LogP contribution in [0.25, 0.3) is 0 Å². The second-order valence-electron chi connectivity index (χ2n) is 6.05. The van der Waals surface area contributed by atoms with Crippen LogP contribution in [0.1, 0.15) is 6.92 Å². The van der Waals surface area contributed by atoms with Crippen molar-refractivity contribution in [3.63, 3.8) is 0 Å². The van der Waals surface area contributed by atoms with Crippen LogP contribution in [0, 0.1) is 0 Å². The molecular weight excluding hydrogens is 357 g/mol. The molecule has 2 radical (unpaired) electrons. The van der Waals surface area contributed by atoms with Gasteiger partial charge in [-0.2, -0.15) is 0 Å². The van der Waals surface area contributed by atoms with Crippen LogP contribution in [0.4, 0.5) is 0 Å². The van der Waals surface area contributed by atoms with Crippen molar-refractivity contribution in [1.82, 2.24) is 2.45 Å². The second-order valence-corrected chi connectivity index (χ2v) is 21.1. The van der Waals surface area contributed by atoms with Crippen LogP contribution in [0.2, 0.25) is 39.3 Å². The standard InChI is InChI=1S/C6H18NSi2.C4H7O3.Sn/c1-8(2,3)7-9(4,5)6;1-3(5)4(6)7-2;/h1-6H3;3H,1-2H3;/q2*-1;+2. The first-order valence-corrected chi connectivity index (χ1v) is 15.1. The molecule has 4 nitrogen and oxygen atoms in total. The van der Waals surface area contributed by atoms with Gasteiger partial charge in [-0.05, 0) is 0 Å². The van der Waals surface area contributed by atoms with E-state index < -0.39 is 44.4 Å². The van der Waals surface area contributed by atoms with Crippen molar-refractivity contribution in [1.29, 1.82) is 0 Å². The van der Waals surface area contributed by atoms with E-state index in [2.05, 4.69) is 46.5 Å². The predicted molar refractivity (Wildman–Crippen MR) is 76.8 cm³/mol. The van der Waals surface area contributed by atoms with Crippen molar-refractivity contribution in [2.45, 2.75) is 52.3 Å². The Balaban J connectivity index is 4.54. The molecule has 0 aromatic carbocycles. The van der Waals surface area contributed by atoms with Gasteiger partial charge >= 0.3 is 119 Å². The third-order valence-electron chi connectivity index (χ3n) is 2.20. The van der Waals surface area contributed by atoms with Crippen molar-refractivity contribution in [2.75, 3.05) is 7.11 Å². The molecule has 0 aromatic heterocycles. The average molecular weight is 382 g/mol. The zero-order chi connectivity index (χ0) is 13.9. The van der Waals surface area contributed by atoms with Crippen molar-refractivity contribution in [3.05, 3.63) is 0 Å². The maximum absolute atomic E-state index is 11.3. The zero-order valence-electron chi connectivity index (χ0n) is 12.2. The predicted octanol–water partition coefficient (Wildman–Crippen LogP) is 2.07. The summed E-state index contributed by atoms with van der Waals surface area (Å²) in [4.78, 5) is 11.3. The molecule has 0 aliphatic heterocycles. The molecule has 0 N–H and O–H groups in total. The number of hydrogen-bond donors (Lipinski definition) is 0. The maximum atomic E-state index is 11.3. The Kier molecular flexibility index (Phi) is 6.94. The molecule has 0 saturated carbocycles. The number of ether oxygens (including phenoxy) is 1. The van der Waals surface area contributed by atoms with Gasteiger partial charge in [0.1, 0.15) is 0 Å². The number of carbonyl (C=O) groups excluding carboxylic acids is 1. The van der Waals surface area contributed by atoms with E-state index in [0.29, 0.717) is 0 Å². The first-order chi connectivity index (χ1) is 7.50. The molecule has 0 saturated heterocycles. The average Bonchev–Trinajstić information content (AvgIpc) is 2.12. The van der Waals surface area contributed by atoms with E-state index in [1.807, 2.05) is 0 Å². The molecule has 0 bridgehead atoms. The van der Waals surface area contributed by atoms with Crippen molar-refractivity contribution in [3.8, 4) is 0 Å². The van der Waals surface area contributed by atoms with Gasteiger partial charge in [0.2, 0.25) is 0 Å². The Hall–Kier alpha value is 0.622. The van der Waals surface area contributed by atoms with Gasteiger partial charge in [-0.25, -0.2) is 0 Å². The second kappa shape index (κ2) is 6.69. The number of rotatable bonds is 6. The summed E-state index contributed by atoms with van der Waals surface area (Å²) in [6.07, 6.45) is -0.415. The van der Waals surface area contributed by atoms with Gasteiger partial charge in [-0.1, -0.05) is 0 Å². The van der Waals surface area contributed by atoms with E-state index in [1.54, 1.807) is 6.92 Å². The first-order valence-electron chi connectivity index (χ1n) is 5.79. The van der Waals surface area contributed by atoms with Crippen LogP contribution in [-0.4, -0.2) is 59.9 Å². The number of hydrogen-bond acceptors (Lipinski definition) is 4. The van der Waals surface area contributed by atoms with Crippen molar-refractivity contribution >= 4 is 44.3 Å². The molecular formula is C10H25NO3Si2Sn. The molecule has 0 amide bonds. The SMILES string of the molecule is COC(=O)C(C)[O][Sn][N]([Si](C)(C)C)[Si](C)(C)C. The summed E-state index contributed by atoms with van der Waals surface area (Å²) >= 11 is -1.13. The first kappa shape index (κ1) is 17.6. The molecule has 17 heavy (non-hydrogen) atoms. The van der Waals surface area contributed by atoms with Crippen LogP contribution in [0.15, 0.2) is 0 Å². The van der Waals surface area contributed by atoms with Gasteiger partial charge < -0.3 is 0 Å². The summed E-state index contributed by atoms with van der Waals surface area (Å²) in [5, 5.41) is 0. The van der Waals surface area contributed by atoms with Crippen LogP contribution >= 0.6 is 0 Å². The van der Waals surface area contributed by atoms with Crippen LogP contribution in [-0.2, 0) is 12.6 Å². The molecule has 0 fully saturated rings. The Morgan fingerprint density at radius 2 is 1.53 bits per heavy atom. The Morgan fingerprint density at radius 1 is 1.12 bits per heavy atom. The van der Waals surface area contributed by atoms with E-state index in [9.17, 15) is 4.79 Å². The quantitative estimate of drug-likeness (QED) is 0.521.